The van der Waals surface area contributed by atoms with Gasteiger partial charge in [-0.05, 0) is 48.8 Å². The van der Waals surface area contributed by atoms with E-state index in [0.717, 1.165) is 31.6 Å². The van der Waals surface area contributed by atoms with E-state index in [4.69, 9.17) is 4.74 Å². The van der Waals surface area contributed by atoms with Gasteiger partial charge in [0, 0.05) is 6.42 Å². The van der Waals surface area contributed by atoms with E-state index in [0.29, 0.717) is 5.92 Å². The second kappa shape index (κ2) is 5.96. The van der Waals surface area contributed by atoms with Gasteiger partial charge in [-0.3, -0.25) is 0 Å². The van der Waals surface area contributed by atoms with Crippen LogP contribution in [0.2, 0.25) is 0 Å². The van der Waals surface area contributed by atoms with Crippen LogP contribution in [0.3, 0.4) is 0 Å². The zero-order valence-electron chi connectivity index (χ0n) is 11.6. The fourth-order valence-electron chi connectivity index (χ4n) is 3.46. The van der Waals surface area contributed by atoms with Gasteiger partial charge in [0.1, 0.15) is 5.75 Å². The van der Waals surface area contributed by atoms with Crippen LogP contribution < -0.4 is 4.74 Å². The van der Waals surface area contributed by atoms with Gasteiger partial charge >= 0.3 is 0 Å². The van der Waals surface area contributed by atoms with Crippen LogP contribution in [-0.2, 0) is 12.8 Å². The maximum Gasteiger partial charge on any atom is 0.122 e. The largest absolute Gasteiger partial charge is 0.493 e. The molecule has 2 nitrogen and oxygen atoms in total. The van der Waals surface area contributed by atoms with E-state index in [1.165, 1.54) is 43.2 Å². The highest BCUT2D eigenvalue weighted by molar-refractivity contribution is 5.39. The summed E-state index contributed by atoms with van der Waals surface area (Å²) in [6.45, 7) is 0.823. The number of ether oxygens (including phenoxy) is 1. The summed E-state index contributed by atoms with van der Waals surface area (Å²) in [5.74, 6) is 1.60. The number of aryl methyl sites for hydroxylation is 1. The average molecular weight is 260 g/mol. The first-order valence-electron chi connectivity index (χ1n) is 7.75. The Morgan fingerprint density at radius 3 is 2.89 bits per heavy atom. The molecule has 0 aromatic heterocycles. The third-order valence-electron chi connectivity index (χ3n) is 4.68. The number of aliphatic hydroxyl groups is 1. The summed E-state index contributed by atoms with van der Waals surface area (Å²) in [4.78, 5) is 0. The van der Waals surface area contributed by atoms with Crippen molar-refractivity contribution in [2.24, 2.45) is 5.92 Å². The van der Waals surface area contributed by atoms with Gasteiger partial charge in [-0.25, -0.2) is 0 Å². The number of hydrogen-bond acceptors (Lipinski definition) is 2. The van der Waals surface area contributed by atoms with Crippen LogP contribution in [0.1, 0.15) is 49.7 Å². The average Bonchev–Trinajstić information content (AvgIpc) is 2.93. The van der Waals surface area contributed by atoms with Gasteiger partial charge in [0.25, 0.3) is 0 Å². The fraction of sp³-hybridized carbons (Fsp3) is 0.647. The van der Waals surface area contributed by atoms with Gasteiger partial charge in [-0.2, -0.15) is 0 Å². The summed E-state index contributed by atoms with van der Waals surface area (Å²) in [7, 11) is 0. The van der Waals surface area contributed by atoms with Crippen LogP contribution in [0.15, 0.2) is 18.2 Å². The van der Waals surface area contributed by atoms with Crippen LogP contribution in [-0.4, -0.2) is 17.8 Å². The molecule has 1 aliphatic heterocycles. The molecule has 3 rings (SSSR count). The molecule has 1 saturated carbocycles. The molecule has 1 atom stereocenters. The third-order valence-corrected chi connectivity index (χ3v) is 4.68. The van der Waals surface area contributed by atoms with E-state index in [2.05, 4.69) is 18.2 Å². The quantitative estimate of drug-likeness (QED) is 0.898. The molecule has 2 heteroatoms. The number of benzene rings is 1. The molecule has 1 heterocycles. The van der Waals surface area contributed by atoms with E-state index in [9.17, 15) is 5.11 Å². The van der Waals surface area contributed by atoms with Gasteiger partial charge in [-0.1, -0.05) is 31.4 Å². The van der Waals surface area contributed by atoms with Crippen molar-refractivity contribution in [1.29, 1.82) is 0 Å². The Kier molecular flexibility index (Phi) is 4.07. The Hall–Kier alpha value is -1.02. The summed E-state index contributed by atoms with van der Waals surface area (Å²) in [5, 5.41) is 10.3. The maximum atomic E-state index is 10.3. The predicted molar refractivity (Wildman–Crippen MR) is 76.5 cm³/mol. The van der Waals surface area contributed by atoms with Crippen molar-refractivity contribution in [1.82, 2.24) is 0 Å². The fourth-order valence-corrected chi connectivity index (χ4v) is 3.46. The lowest BCUT2D eigenvalue weighted by atomic mass is 9.83. The SMILES string of the molecule is OC(CCc1ccc2c(c1)CCO2)C1CCCCC1. The molecule has 1 N–H and O–H groups in total. The lowest BCUT2D eigenvalue weighted by Crippen LogP contribution is -2.23. The second-order valence-electron chi connectivity index (χ2n) is 6.04. The Bertz CT molecular complexity index is 421. The molecule has 1 unspecified atom stereocenters. The molecular formula is C17H24O2. The number of hydrogen-bond donors (Lipinski definition) is 1. The first kappa shape index (κ1) is 13.0. The zero-order chi connectivity index (χ0) is 13.1. The molecule has 1 aromatic carbocycles. The Balaban J connectivity index is 1.53. The minimum absolute atomic E-state index is 0.107. The van der Waals surface area contributed by atoms with Crippen molar-refractivity contribution in [3.05, 3.63) is 29.3 Å². The molecule has 1 aromatic rings. The molecule has 104 valence electrons. The Labute approximate surface area is 115 Å². The Morgan fingerprint density at radius 2 is 2.05 bits per heavy atom. The minimum Gasteiger partial charge on any atom is -0.493 e. The van der Waals surface area contributed by atoms with Gasteiger partial charge in [0.2, 0.25) is 0 Å². The molecule has 1 aliphatic carbocycles. The summed E-state index contributed by atoms with van der Waals surface area (Å²) in [5.41, 5.74) is 2.68. The summed E-state index contributed by atoms with van der Waals surface area (Å²) >= 11 is 0. The second-order valence-corrected chi connectivity index (χ2v) is 6.04. The lowest BCUT2D eigenvalue weighted by Gasteiger charge is -2.26. The van der Waals surface area contributed by atoms with Gasteiger partial charge in [0.15, 0.2) is 0 Å². The van der Waals surface area contributed by atoms with Crippen LogP contribution in [0, 0.1) is 5.92 Å². The highest BCUT2D eigenvalue weighted by Gasteiger charge is 2.21. The maximum absolute atomic E-state index is 10.3. The summed E-state index contributed by atoms with van der Waals surface area (Å²) < 4.78 is 5.52. The molecule has 0 amide bonds. The van der Waals surface area contributed by atoms with Crippen molar-refractivity contribution in [3.8, 4) is 5.75 Å². The van der Waals surface area contributed by atoms with Gasteiger partial charge < -0.3 is 9.84 Å². The van der Waals surface area contributed by atoms with Crippen molar-refractivity contribution >= 4 is 0 Å². The smallest absolute Gasteiger partial charge is 0.122 e. The van der Waals surface area contributed by atoms with E-state index in [1.54, 1.807) is 0 Å². The summed E-state index contributed by atoms with van der Waals surface area (Å²) in [6, 6.07) is 6.50. The topological polar surface area (TPSA) is 29.5 Å². The third kappa shape index (κ3) is 3.11. The molecule has 19 heavy (non-hydrogen) atoms. The van der Waals surface area contributed by atoms with Crippen molar-refractivity contribution in [3.63, 3.8) is 0 Å². The number of rotatable bonds is 4. The lowest BCUT2D eigenvalue weighted by molar-refractivity contribution is 0.0775. The van der Waals surface area contributed by atoms with Crippen LogP contribution in [0.4, 0.5) is 0 Å². The summed E-state index contributed by atoms with van der Waals surface area (Å²) in [6.07, 6.45) is 9.23. The first-order chi connectivity index (χ1) is 9.33. The van der Waals surface area contributed by atoms with E-state index in [1.807, 2.05) is 0 Å². The van der Waals surface area contributed by atoms with E-state index >= 15 is 0 Å². The Morgan fingerprint density at radius 1 is 1.21 bits per heavy atom. The number of aliphatic hydroxyl groups excluding tert-OH is 1. The van der Waals surface area contributed by atoms with E-state index in [-0.39, 0.29) is 6.10 Å². The number of fused-ring (bicyclic) bond motifs is 1. The van der Waals surface area contributed by atoms with Crippen molar-refractivity contribution < 1.29 is 9.84 Å². The molecule has 0 radical (unpaired) electrons. The standard InChI is InChI=1S/C17H24O2/c18-16(14-4-2-1-3-5-14)8-6-13-7-9-17-15(12-13)10-11-19-17/h7,9,12,14,16,18H,1-6,8,10-11H2. The minimum atomic E-state index is -0.107. The molecule has 0 bridgehead atoms. The first-order valence-corrected chi connectivity index (χ1v) is 7.75. The van der Waals surface area contributed by atoms with Crippen LogP contribution >= 0.6 is 0 Å². The molecular weight excluding hydrogens is 236 g/mol. The van der Waals surface area contributed by atoms with Crippen LogP contribution in [0.5, 0.6) is 5.75 Å². The van der Waals surface area contributed by atoms with Crippen molar-refractivity contribution in [2.45, 2.75) is 57.5 Å². The highest BCUT2D eigenvalue weighted by atomic mass is 16.5. The van der Waals surface area contributed by atoms with Crippen molar-refractivity contribution in [2.75, 3.05) is 6.61 Å². The van der Waals surface area contributed by atoms with Crippen LogP contribution in [0.25, 0.3) is 0 Å². The normalized spacial score (nSPS) is 20.9. The monoisotopic (exact) mass is 260 g/mol. The molecule has 0 spiro atoms. The molecule has 1 fully saturated rings. The highest BCUT2D eigenvalue weighted by Crippen LogP contribution is 2.29. The zero-order valence-corrected chi connectivity index (χ0v) is 11.6. The predicted octanol–water partition coefficient (Wildman–Crippen LogP) is 3.50. The van der Waals surface area contributed by atoms with E-state index < -0.39 is 0 Å². The van der Waals surface area contributed by atoms with Gasteiger partial charge in [-0.15, -0.1) is 0 Å². The molecule has 2 aliphatic rings. The molecule has 0 saturated heterocycles. The van der Waals surface area contributed by atoms with Gasteiger partial charge in [0.05, 0.1) is 12.7 Å².